The SMILES string of the molecule is ClCCCC1CCCN1Cc1ccc(Cl)s1. The second-order valence-corrected chi connectivity index (χ2v) is 6.48. The number of thiophene rings is 1. The Hall–Kier alpha value is 0.240. The van der Waals surface area contributed by atoms with Gasteiger partial charge in [-0.15, -0.1) is 22.9 Å². The van der Waals surface area contributed by atoms with E-state index < -0.39 is 0 Å². The maximum atomic E-state index is 5.95. The number of rotatable bonds is 5. The second-order valence-electron chi connectivity index (χ2n) is 4.30. The molecule has 1 aliphatic rings. The lowest BCUT2D eigenvalue weighted by Gasteiger charge is -2.23. The Morgan fingerprint density at radius 1 is 1.44 bits per heavy atom. The predicted molar refractivity (Wildman–Crippen MR) is 72.7 cm³/mol. The average molecular weight is 278 g/mol. The van der Waals surface area contributed by atoms with Gasteiger partial charge in [0.2, 0.25) is 0 Å². The Bertz CT molecular complexity index is 327. The van der Waals surface area contributed by atoms with Crippen molar-refractivity contribution >= 4 is 34.5 Å². The fraction of sp³-hybridized carbons (Fsp3) is 0.667. The summed E-state index contributed by atoms with van der Waals surface area (Å²) >= 11 is 13.4. The summed E-state index contributed by atoms with van der Waals surface area (Å²) < 4.78 is 0.895. The summed E-state index contributed by atoms with van der Waals surface area (Å²) in [6, 6.07) is 4.87. The highest BCUT2D eigenvalue weighted by atomic mass is 35.5. The molecule has 2 rings (SSSR count). The van der Waals surface area contributed by atoms with Crippen molar-refractivity contribution in [3.05, 3.63) is 21.3 Å². The summed E-state index contributed by atoms with van der Waals surface area (Å²) in [7, 11) is 0. The van der Waals surface area contributed by atoms with Crippen LogP contribution in [0.5, 0.6) is 0 Å². The zero-order chi connectivity index (χ0) is 11.4. The van der Waals surface area contributed by atoms with Crippen molar-refractivity contribution in [3.63, 3.8) is 0 Å². The van der Waals surface area contributed by atoms with Crippen LogP contribution >= 0.6 is 34.5 Å². The molecule has 0 aliphatic carbocycles. The first-order valence-corrected chi connectivity index (χ1v) is 7.56. The molecule has 2 heterocycles. The van der Waals surface area contributed by atoms with Crippen LogP contribution < -0.4 is 0 Å². The van der Waals surface area contributed by atoms with Crippen LogP contribution in [0.1, 0.15) is 30.6 Å². The molecule has 0 radical (unpaired) electrons. The van der Waals surface area contributed by atoms with Gasteiger partial charge in [-0.1, -0.05) is 11.6 Å². The molecule has 1 aromatic rings. The van der Waals surface area contributed by atoms with Crippen molar-refractivity contribution in [2.45, 2.75) is 38.3 Å². The maximum absolute atomic E-state index is 5.95. The fourth-order valence-corrected chi connectivity index (χ4v) is 3.65. The van der Waals surface area contributed by atoms with Crippen LogP contribution in [0.4, 0.5) is 0 Å². The molecule has 1 nitrogen and oxygen atoms in total. The standard InChI is InChI=1S/C12H17Cl2NS/c13-7-1-3-10-4-2-8-15(10)9-11-5-6-12(14)16-11/h5-6,10H,1-4,7-9H2. The van der Waals surface area contributed by atoms with E-state index in [1.54, 1.807) is 11.3 Å². The molecule has 0 N–H and O–H groups in total. The third-order valence-corrected chi connectivity index (χ3v) is 4.64. The third kappa shape index (κ3) is 3.36. The van der Waals surface area contributed by atoms with E-state index >= 15 is 0 Å². The van der Waals surface area contributed by atoms with E-state index in [0.29, 0.717) is 0 Å². The van der Waals surface area contributed by atoms with E-state index in [4.69, 9.17) is 23.2 Å². The van der Waals surface area contributed by atoms with Gasteiger partial charge in [0, 0.05) is 23.3 Å². The fourth-order valence-electron chi connectivity index (χ4n) is 2.38. The number of hydrogen-bond donors (Lipinski definition) is 0. The van der Waals surface area contributed by atoms with E-state index in [2.05, 4.69) is 11.0 Å². The van der Waals surface area contributed by atoms with Crippen LogP contribution in [0.15, 0.2) is 12.1 Å². The first kappa shape index (κ1) is 12.7. The van der Waals surface area contributed by atoms with Crippen molar-refractivity contribution < 1.29 is 0 Å². The predicted octanol–water partition coefficient (Wildman–Crippen LogP) is 4.38. The largest absolute Gasteiger partial charge is 0.295 e. The average Bonchev–Trinajstić information content (AvgIpc) is 2.86. The highest BCUT2D eigenvalue weighted by Crippen LogP contribution is 2.27. The van der Waals surface area contributed by atoms with E-state index in [9.17, 15) is 0 Å². The minimum Gasteiger partial charge on any atom is -0.295 e. The van der Waals surface area contributed by atoms with Crippen molar-refractivity contribution in [1.29, 1.82) is 0 Å². The van der Waals surface area contributed by atoms with Crippen LogP contribution in [0.25, 0.3) is 0 Å². The summed E-state index contributed by atoms with van der Waals surface area (Å²) in [5.41, 5.74) is 0. The van der Waals surface area contributed by atoms with Gasteiger partial charge < -0.3 is 0 Å². The normalized spacial score (nSPS) is 21.8. The molecule has 1 saturated heterocycles. The number of halogens is 2. The molecule has 0 bridgehead atoms. The van der Waals surface area contributed by atoms with Crippen molar-refractivity contribution in [2.75, 3.05) is 12.4 Å². The second kappa shape index (κ2) is 6.25. The van der Waals surface area contributed by atoms with Gasteiger partial charge in [-0.2, -0.15) is 0 Å². The molecular weight excluding hydrogens is 261 g/mol. The van der Waals surface area contributed by atoms with E-state index in [-0.39, 0.29) is 0 Å². The van der Waals surface area contributed by atoms with Gasteiger partial charge in [-0.05, 0) is 44.4 Å². The number of nitrogens with zero attached hydrogens (tertiary/aromatic N) is 1. The Labute approximate surface area is 111 Å². The van der Waals surface area contributed by atoms with Crippen molar-refractivity contribution in [2.24, 2.45) is 0 Å². The van der Waals surface area contributed by atoms with Gasteiger partial charge in [0.05, 0.1) is 4.34 Å². The van der Waals surface area contributed by atoms with Crippen LogP contribution in [-0.4, -0.2) is 23.4 Å². The van der Waals surface area contributed by atoms with E-state index in [1.165, 1.54) is 30.7 Å². The van der Waals surface area contributed by atoms with Crippen molar-refractivity contribution in [3.8, 4) is 0 Å². The summed E-state index contributed by atoms with van der Waals surface area (Å²) in [6.45, 7) is 2.28. The Kier molecular flexibility index (Phi) is 4.96. The number of hydrogen-bond acceptors (Lipinski definition) is 2. The highest BCUT2D eigenvalue weighted by Gasteiger charge is 2.24. The van der Waals surface area contributed by atoms with Crippen LogP contribution in [-0.2, 0) is 6.54 Å². The number of likely N-dealkylation sites (tertiary alicyclic amines) is 1. The Balaban J connectivity index is 1.88. The molecule has 0 spiro atoms. The third-order valence-electron chi connectivity index (χ3n) is 3.16. The first-order valence-electron chi connectivity index (χ1n) is 5.84. The lowest BCUT2D eigenvalue weighted by atomic mass is 10.1. The van der Waals surface area contributed by atoms with E-state index in [1.807, 2.05) is 6.07 Å². The molecule has 90 valence electrons. The highest BCUT2D eigenvalue weighted by molar-refractivity contribution is 7.16. The summed E-state index contributed by atoms with van der Waals surface area (Å²) in [6.07, 6.45) is 5.03. The van der Waals surface area contributed by atoms with Crippen molar-refractivity contribution in [1.82, 2.24) is 4.90 Å². The van der Waals surface area contributed by atoms with Crippen LogP contribution in [0.2, 0.25) is 4.34 Å². The van der Waals surface area contributed by atoms with Gasteiger partial charge in [0.15, 0.2) is 0 Å². The zero-order valence-electron chi connectivity index (χ0n) is 9.29. The number of alkyl halides is 1. The lowest BCUT2D eigenvalue weighted by molar-refractivity contribution is 0.236. The molecule has 1 atom stereocenters. The smallest absolute Gasteiger partial charge is 0.0931 e. The molecule has 16 heavy (non-hydrogen) atoms. The zero-order valence-corrected chi connectivity index (χ0v) is 11.6. The van der Waals surface area contributed by atoms with Crippen LogP contribution in [0, 0.1) is 0 Å². The Morgan fingerprint density at radius 2 is 2.31 bits per heavy atom. The Morgan fingerprint density at radius 3 is 3.00 bits per heavy atom. The molecule has 0 saturated carbocycles. The van der Waals surface area contributed by atoms with Gasteiger partial charge in [0.1, 0.15) is 0 Å². The monoisotopic (exact) mass is 277 g/mol. The molecular formula is C12H17Cl2NS. The van der Waals surface area contributed by atoms with Gasteiger partial charge >= 0.3 is 0 Å². The maximum Gasteiger partial charge on any atom is 0.0931 e. The van der Waals surface area contributed by atoms with Gasteiger partial charge in [0.25, 0.3) is 0 Å². The minimum absolute atomic E-state index is 0.736. The van der Waals surface area contributed by atoms with Crippen LogP contribution in [0.3, 0.4) is 0 Å². The molecule has 0 aromatic carbocycles. The topological polar surface area (TPSA) is 3.24 Å². The quantitative estimate of drug-likeness (QED) is 0.722. The molecule has 0 amide bonds. The summed E-state index contributed by atoms with van der Waals surface area (Å²) in [4.78, 5) is 3.96. The lowest BCUT2D eigenvalue weighted by Crippen LogP contribution is -2.28. The molecule has 1 fully saturated rings. The summed E-state index contributed by atoms with van der Waals surface area (Å²) in [5, 5.41) is 0. The molecule has 1 aliphatic heterocycles. The molecule has 1 unspecified atom stereocenters. The minimum atomic E-state index is 0.736. The first-order chi connectivity index (χ1) is 7.79. The molecule has 4 heteroatoms. The van der Waals surface area contributed by atoms with E-state index in [0.717, 1.165) is 29.2 Å². The molecule has 1 aromatic heterocycles. The van der Waals surface area contributed by atoms with Gasteiger partial charge in [-0.25, -0.2) is 0 Å². The van der Waals surface area contributed by atoms with Gasteiger partial charge in [-0.3, -0.25) is 4.90 Å². The summed E-state index contributed by atoms with van der Waals surface area (Å²) in [5.74, 6) is 0.787.